The summed E-state index contributed by atoms with van der Waals surface area (Å²) >= 11 is 5.91. The molecule has 0 aliphatic carbocycles. The van der Waals surface area contributed by atoms with Crippen molar-refractivity contribution in [3.05, 3.63) is 88.1 Å². The minimum atomic E-state index is -1.06. The number of furan rings is 1. The summed E-state index contributed by atoms with van der Waals surface area (Å²) in [6, 6.07) is 10.8. The first kappa shape index (κ1) is 21.6. The largest absolute Gasteiger partial charge is 0.507 e. The van der Waals surface area contributed by atoms with E-state index in [9.17, 15) is 19.1 Å². The molecule has 1 aliphatic rings. The molecular formula is C24H19ClFNO5. The smallest absolute Gasteiger partial charge is 0.300 e. The van der Waals surface area contributed by atoms with E-state index >= 15 is 0 Å². The Bertz CT molecular complexity index is 1240. The molecule has 1 unspecified atom stereocenters. The summed E-state index contributed by atoms with van der Waals surface area (Å²) in [6.45, 7) is 4.15. The summed E-state index contributed by atoms with van der Waals surface area (Å²) in [7, 11) is 0. The number of hydrogen-bond donors (Lipinski definition) is 1. The van der Waals surface area contributed by atoms with Crippen LogP contribution < -0.4 is 9.64 Å². The predicted molar refractivity (Wildman–Crippen MR) is 117 cm³/mol. The number of aryl methyl sites for hydroxylation is 1. The minimum absolute atomic E-state index is 0.144. The van der Waals surface area contributed by atoms with Gasteiger partial charge in [-0.05, 0) is 67.9 Å². The second-order valence-corrected chi connectivity index (χ2v) is 7.60. The third-order valence-corrected chi connectivity index (χ3v) is 5.48. The second-order valence-electron chi connectivity index (χ2n) is 7.20. The summed E-state index contributed by atoms with van der Waals surface area (Å²) in [6.07, 6.45) is 1.40. The molecule has 0 radical (unpaired) electrons. The zero-order chi connectivity index (χ0) is 23.0. The Hall–Kier alpha value is -3.58. The van der Waals surface area contributed by atoms with Gasteiger partial charge in [0.25, 0.3) is 11.7 Å². The van der Waals surface area contributed by atoms with E-state index in [2.05, 4.69) is 0 Å². The number of aliphatic hydroxyl groups is 1. The van der Waals surface area contributed by atoms with Gasteiger partial charge < -0.3 is 14.3 Å². The monoisotopic (exact) mass is 455 g/mol. The fourth-order valence-corrected chi connectivity index (χ4v) is 3.89. The van der Waals surface area contributed by atoms with E-state index in [4.69, 9.17) is 20.8 Å². The molecule has 1 fully saturated rings. The van der Waals surface area contributed by atoms with Crippen molar-refractivity contribution in [3.8, 4) is 5.75 Å². The van der Waals surface area contributed by atoms with Crippen LogP contribution >= 0.6 is 11.6 Å². The number of nitrogens with zero attached hydrogens (tertiary/aromatic N) is 1. The van der Waals surface area contributed by atoms with Gasteiger partial charge in [0.15, 0.2) is 0 Å². The topological polar surface area (TPSA) is 80.0 Å². The lowest BCUT2D eigenvalue weighted by molar-refractivity contribution is -0.132. The molecule has 0 spiro atoms. The average molecular weight is 456 g/mol. The van der Waals surface area contributed by atoms with Gasteiger partial charge in [-0.2, -0.15) is 0 Å². The van der Waals surface area contributed by atoms with Gasteiger partial charge in [-0.25, -0.2) is 4.39 Å². The normalized spacial score (nSPS) is 17.8. The Balaban J connectivity index is 1.88. The van der Waals surface area contributed by atoms with Crippen LogP contribution in [0.2, 0.25) is 5.02 Å². The van der Waals surface area contributed by atoms with Gasteiger partial charge in [-0.3, -0.25) is 14.5 Å². The molecule has 6 nitrogen and oxygen atoms in total. The minimum Gasteiger partial charge on any atom is -0.507 e. The molecule has 2 heterocycles. The molecule has 164 valence electrons. The maximum Gasteiger partial charge on any atom is 0.300 e. The van der Waals surface area contributed by atoms with Crippen LogP contribution in [-0.2, 0) is 9.59 Å². The molecule has 3 aromatic rings. The number of carbonyl (C=O) groups is 2. The molecular weight excluding hydrogens is 437 g/mol. The van der Waals surface area contributed by atoms with Crippen LogP contribution in [0.1, 0.15) is 29.9 Å². The van der Waals surface area contributed by atoms with Crippen LogP contribution in [0.4, 0.5) is 10.1 Å². The summed E-state index contributed by atoms with van der Waals surface area (Å²) in [5.74, 6) is -1.89. The van der Waals surface area contributed by atoms with Gasteiger partial charge in [0, 0.05) is 11.3 Å². The molecule has 4 rings (SSSR count). The number of rotatable bonds is 5. The third kappa shape index (κ3) is 3.65. The molecule has 1 aromatic heterocycles. The fraction of sp³-hybridized carbons (Fsp3) is 0.167. The lowest BCUT2D eigenvalue weighted by atomic mass is 9.98. The zero-order valence-electron chi connectivity index (χ0n) is 17.3. The zero-order valence-corrected chi connectivity index (χ0v) is 18.0. The van der Waals surface area contributed by atoms with Crippen molar-refractivity contribution in [2.45, 2.75) is 19.9 Å². The van der Waals surface area contributed by atoms with E-state index < -0.39 is 23.5 Å². The third-order valence-electron chi connectivity index (χ3n) is 5.19. The first-order valence-corrected chi connectivity index (χ1v) is 10.2. The van der Waals surface area contributed by atoms with Crippen LogP contribution in [-0.4, -0.2) is 23.4 Å². The summed E-state index contributed by atoms with van der Waals surface area (Å²) in [5, 5.41) is 10.9. The van der Waals surface area contributed by atoms with Crippen molar-refractivity contribution in [1.29, 1.82) is 0 Å². The Morgan fingerprint density at radius 1 is 1.22 bits per heavy atom. The number of ketones is 1. The highest BCUT2D eigenvalue weighted by atomic mass is 35.5. The average Bonchev–Trinajstić information content (AvgIpc) is 3.38. The van der Waals surface area contributed by atoms with Gasteiger partial charge in [0.05, 0.1) is 23.5 Å². The molecule has 0 bridgehead atoms. The molecule has 1 atom stereocenters. The number of carbonyl (C=O) groups excluding carboxylic acids is 2. The predicted octanol–water partition coefficient (Wildman–Crippen LogP) is 5.41. The van der Waals surface area contributed by atoms with Gasteiger partial charge in [0.2, 0.25) is 0 Å². The summed E-state index contributed by atoms with van der Waals surface area (Å²) in [5.41, 5.74) is 1.15. The molecule has 0 saturated carbocycles. The lowest BCUT2D eigenvalue weighted by Gasteiger charge is -2.23. The Kier molecular flexibility index (Phi) is 5.76. The van der Waals surface area contributed by atoms with Gasteiger partial charge >= 0.3 is 0 Å². The summed E-state index contributed by atoms with van der Waals surface area (Å²) in [4.78, 5) is 27.2. The number of ether oxygens (including phenoxy) is 1. The quantitative estimate of drug-likeness (QED) is 0.316. The first-order chi connectivity index (χ1) is 15.3. The molecule has 1 N–H and O–H groups in total. The van der Waals surface area contributed by atoms with E-state index in [0.717, 1.165) is 16.5 Å². The highest BCUT2D eigenvalue weighted by molar-refractivity contribution is 6.51. The van der Waals surface area contributed by atoms with Gasteiger partial charge in [0.1, 0.15) is 29.1 Å². The fourth-order valence-electron chi connectivity index (χ4n) is 3.72. The van der Waals surface area contributed by atoms with Crippen molar-refractivity contribution in [2.24, 2.45) is 0 Å². The number of Topliss-reactive ketones (excluding diaryl/α,β-unsaturated/α-hetero) is 1. The number of hydrogen-bond acceptors (Lipinski definition) is 5. The molecule has 1 saturated heterocycles. The number of halogens is 2. The highest BCUT2D eigenvalue weighted by Crippen LogP contribution is 2.43. The van der Waals surface area contributed by atoms with E-state index in [-0.39, 0.29) is 27.8 Å². The van der Waals surface area contributed by atoms with Crippen LogP contribution in [0.15, 0.2) is 64.8 Å². The van der Waals surface area contributed by atoms with Crippen molar-refractivity contribution < 1.29 is 28.2 Å². The summed E-state index contributed by atoms with van der Waals surface area (Å²) < 4.78 is 24.7. The molecule has 8 heteroatoms. The highest BCUT2D eigenvalue weighted by Gasteiger charge is 2.48. The van der Waals surface area contributed by atoms with Crippen molar-refractivity contribution in [2.75, 3.05) is 11.5 Å². The molecule has 32 heavy (non-hydrogen) atoms. The number of aliphatic hydroxyl groups excluding tert-OH is 1. The Morgan fingerprint density at radius 2 is 2.00 bits per heavy atom. The van der Waals surface area contributed by atoms with E-state index in [0.29, 0.717) is 17.9 Å². The second kappa shape index (κ2) is 8.51. The number of amides is 1. The van der Waals surface area contributed by atoms with Crippen LogP contribution in [0.25, 0.3) is 5.76 Å². The maximum absolute atomic E-state index is 13.7. The lowest BCUT2D eigenvalue weighted by Crippen LogP contribution is -2.29. The van der Waals surface area contributed by atoms with Gasteiger partial charge in [-0.1, -0.05) is 11.6 Å². The molecule has 1 aliphatic heterocycles. The molecule has 2 aromatic carbocycles. The van der Waals surface area contributed by atoms with Crippen LogP contribution in [0.5, 0.6) is 5.75 Å². The van der Waals surface area contributed by atoms with Crippen molar-refractivity contribution in [1.82, 2.24) is 0 Å². The number of anilines is 1. The van der Waals surface area contributed by atoms with Crippen molar-refractivity contribution >= 4 is 34.7 Å². The SMILES string of the molecule is CCOc1ccc(/C(O)=C2/C(=O)C(=O)N(c3ccc(F)c(Cl)c3)C2c2ccco2)cc1C. The van der Waals surface area contributed by atoms with Crippen molar-refractivity contribution in [3.63, 3.8) is 0 Å². The van der Waals surface area contributed by atoms with E-state index in [1.165, 1.54) is 18.4 Å². The number of benzene rings is 2. The standard InChI is InChI=1S/C24H19ClFNO5/c1-3-31-18-9-6-14(11-13(18)2)22(28)20-21(19-5-4-10-32-19)27(24(30)23(20)29)15-7-8-17(26)16(25)12-15/h4-12,21,28H,3H2,1-2H3/b22-20-. The maximum atomic E-state index is 13.7. The first-order valence-electron chi connectivity index (χ1n) is 9.86. The Morgan fingerprint density at radius 3 is 2.62 bits per heavy atom. The van der Waals surface area contributed by atoms with E-state index in [1.54, 1.807) is 30.3 Å². The van der Waals surface area contributed by atoms with Crippen LogP contribution in [0, 0.1) is 12.7 Å². The molecule has 1 amide bonds. The Labute approximate surface area is 188 Å². The van der Waals surface area contributed by atoms with Gasteiger partial charge in [-0.15, -0.1) is 0 Å². The van der Waals surface area contributed by atoms with Crippen LogP contribution in [0.3, 0.4) is 0 Å². The van der Waals surface area contributed by atoms with E-state index in [1.807, 2.05) is 13.8 Å².